The first-order valence-electron chi connectivity index (χ1n) is 6.66. The Morgan fingerprint density at radius 2 is 2.05 bits per heavy atom. The van der Waals surface area contributed by atoms with Crippen LogP contribution in [0.15, 0.2) is 18.2 Å². The first-order chi connectivity index (χ1) is 9.67. The summed E-state index contributed by atoms with van der Waals surface area (Å²) < 4.78 is 30.5. The quantitative estimate of drug-likeness (QED) is 0.887. The summed E-state index contributed by atoms with van der Waals surface area (Å²) in [5.41, 5.74) is 1.61. The predicted octanol–water partition coefficient (Wildman–Crippen LogP) is 3.47. The molecule has 1 heterocycles. The van der Waals surface area contributed by atoms with Crippen molar-refractivity contribution in [2.75, 3.05) is 6.54 Å². The molecule has 1 aromatic heterocycles. The number of hydrogen-bond donors (Lipinski definition) is 1. The van der Waals surface area contributed by atoms with Crippen molar-refractivity contribution in [3.05, 3.63) is 46.0 Å². The molecule has 0 radical (unpaired) electrons. The summed E-state index contributed by atoms with van der Waals surface area (Å²) >= 11 is 1.30. The highest BCUT2D eigenvalue weighted by atomic mass is 32.1. The van der Waals surface area contributed by atoms with E-state index in [1.807, 2.05) is 6.92 Å². The van der Waals surface area contributed by atoms with Crippen molar-refractivity contribution in [2.45, 2.75) is 32.7 Å². The van der Waals surface area contributed by atoms with Crippen LogP contribution in [0.3, 0.4) is 0 Å². The second kappa shape index (κ2) is 6.85. The minimum atomic E-state index is -0.833. The Labute approximate surface area is 121 Å². The molecule has 2 aromatic rings. The van der Waals surface area contributed by atoms with E-state index in [0.717, 1.165) is 29.5 Å². The van der Waals surface area contributed by atoms with Crippen molar-refractivity contribution in [3.8, 4) is 0 Å². The Balaban J connectivity index is 2.39. The minimum absolute atomic E-state index is 0.198. The van der Waals surface area contributed by atoms with E-state index < -0.39 is 11.6 Å². The van der Waals surface area contributed by atoms with Crippen molar-refractivity contribution in [2.24, 2.45) is 0 Å². The maximum Gasteiger partial charge on any atom is 0.159 e. The smallest absolute Gasteiger partial charge is 0.159 e. The first kappa shape index (κ1) is 15.0. The number of aryl methyl sites for hydroxylation is 1. The van der Waals surface area contributed by atoms with Crippen LogP contribution < -0.4 is 5.32 Å². The Kier molecular flexibility index (Phi) is 5.14. The van der Waals surface area contributed by atoms with Gasteiger partial charge in [-0.15, -0.1) is 5.10 Å². The highest BCUT2D eigenvalue weighted by Crippen LogP contribution is 2.28. The Morgan fingerprint density at radius 1 is 1.25 bits per heavy atom. The normalized spacial score (nSPS) is 12.6. The molecule has 1 unspecified atom stereocenters. The molecule has 20 heavy (non-hydrogen) atoms. The SMILES string of the molecule is CCCc1nnsc1C(NCC)c1ccc(F)c(F)c1. The highest BCUT2D eigenvalue weighted by molar-refractivity contribution is 7.05. The fourth-order valence-corrected chi connectivity index (χ4v) is 2.90. The average molecular weight is 297 g/mol. The molecule has 0 fully saturated rings. The predicted molar refractivity (Wildman–Crippen MR) is 75.8 cm³/mol. The van der Waals surface area contributed by atoms with E-state index in [1.54, 1.807) is 6.07 Å². The van der Waals surface area contributed by atoms with Gasteiger partial charge in [-0.1, -0.05) is 30.8 Å². The summed E-state index contributed by atoms with van der Waals surface area (Å²) in [6, 6.07) is 3.79. The van der Waals surface area contributed by atoms with Crippen molar-refractivity contribution < 1.29 is 8.78 Å². The fourth-order valence-electron chi connectivity index (χ4n) is 2.10. The Hall–Kier alpha value is -1.40. The second-order valence-electron chi connectivity index (χ2n) is 4.50. The summed E-state index contributed by atoms with van der Waals surface area (Å²) in [6.45, 7) is 4.76. The summed E-state index contributed by atoms with van der Waals surface area (Å²) in [7, 11) is 0. The van der Waals surface area contributed by atoms with E-state index in [-0.39, 0.29) is 6.04 Å². The van der Waals surface area contributed by atoms with Crippen LogP contribution in [-0.2, 0) is 6.42 Å². The first-order valence-corrected chi connectivity index (χ1v) is 7.44. The van der Waals surface area contributed by atoms with Crippen LogP contribution in [0.25, 0.3) is 0 Å². The van der Waals surface area contributed by atoms with Gasteiger partial charge in [-0.25, -0.2) is 8.78 Å². The van der Waals surface area contributed by atoms with Gasteiger partial charge in [0.2, 0.25) is 0 Å². The number of benzene rings is 1. The molecule has 6 heteroatoms. The molecule has 0 saturated heterocycles. The Morgan fingerprint density at radius 3 is 2.70 bits per heavy atom. The van der Waals surface area contributed by atoms with Gasteiger partial charge in [0.1, 0.15) is 0 Å². The summed E-state index contributed by atoms with van der Waals surface area (Å²) in [6.07, 6.45) is 1.80. The zero-order valence-electron chi connectivity index (χ0n) is 11.5. The van der Waals surface area contributed by atoms with E-state index in [9.17, 15) is 8.78 Å². The number of nitrogens with zero attached hydrogens (tertiary/aromatic N) is 2. The lowest BCUT2D eigenvalue weighted by Crippen LogP contribution is -2.22. The highest BCUT2D eigenvalue weighted by Gasteiger charge is 2.21. The third-order valence-electron chi connectivity index (χ3n) is 3.02. The molecule has 1 N–H and O–H groups in total. The van der Waals surface area contributed by atoms with E-state index in [4.69, 9.17) is 0 Å². The van der Waals surface area contributed by atoms with Crippen LogP contribution in [0.5, 0.6) is 0 Å². The molecular weight excluding hydrogens is 280 g/mol. The lowest BCUT2D eigenvalue weighted by atomic mass is 10.0. The number of nitrogens with one attached hydrogen (secondary N) is 1. The summed E-state index contributed by atoms with van der Waals surface area (Å²) in [5, 5.41) is 7.42. The van der Waals surface area contributed by atoms with Crippen molar-refractivity contribution in [3.63, 3.8) is 0 Å². The fraction of sp³-hybridized carbons (Fsp3) is 0.429. The molecule has 0 spiro atoms. The lowest BCUT2D eigenvalue weighted by Gasteiger charge is -2.17. The zero-order valence-corrected chi connectivity index (χ0v) is 12.3. The topological polar surface area (TPSA) is 37.8 Å². The molecule has 0 amide bonds. The number of aromatic nitrogens is 2. The molecule has 0 aliphatic carbocycles. The molecule has 0 bridgehead atoms. The van der Waals surface area contributed by atoms with Crippen molar-refractivity contribution in [1.29, 1.82) is 0 Å². The maximum atomic E-state index is 13.4. The van der Waals surface area contributed by atoms with Crippen LogP contribution in [0.4, 0.5) is 8.78 Å². The van der Waals surface area contributed by atoms with Gasteiger partial charge < -0.3 is 5.32 Å². The van der Waals surface area contributed by atoms with E-state index in [2.05, 4.69) is 21.8 Å². The van der Waals surface area contributed by atoms with Gasteiger partial charge in [-0.3, -0.25) is 0 Å². The standard InChI is InChI=1S/C14H17F2N3S/c1-3-5-12-14(20-19-18-12)13(17-4-2)9-6-7-10(15)11(16)8-9/h6-8,13,17H,3-5H2,1-2H3. The van der Waals surface area contributed by atoms with Gasteiger partial charge in [-0.05, 0) is 42.2 Å². The molecule has 3 nitrogen and oxygen atoms in total. The summed E-state index contributed by atoms with van der Waals surface area (Å²) in [4.78, 5) is 0.972. The van der Waals surface area contributed by atoms with Gasteiger partial charge in [-0.2, -0.15) is 0 Å². The molecule has 1 aromatic carbocycles. The van der Waals surface area contributed by atoms with Crippen LogP contribution in [0.1, 0.15) is 42.4 Å². The third-order valence-corrected chi connectivity index (χ3v) is 3.85. The monoisotopic (exact) mass is 297 g/mol. The van der Waals surface area contributed by atoms with E-state index in [0.29, 0.717) is 12.1 Å². The molecule has 1 atom stereocenters. The largest absolute Gasteiger partial charge is 0.306 e. The minimum Gasteiger partial charge on any atom is -0.306 e. The average Bonchev–Trinajstić information content (AvgIpc) is 2.88. The van der Waals surface area contributed by atoms with Gasteiger partial charge in [0.15, 0.2) is 11.6 Å². The number of hydrogen-bond acceptors (Lipinski definition) is 4. The third kappa shape index (κ3) is 3.19. The van der Waals surface area contributed by atoms with Crippen molar-refractivity contribution >= 4 is 11.5 Å². The van der Waals surface area contributed by atoms with Crippen molar-refractivity contribution in [1.82, 2.24) is 14.9 Å². The number of rotatable bonds is 6. The van der Waals surface area contributed by atoms with Gasteiger partial charge in [0.25, 0.3) is 0 Å². The van der Waals surface area contributed by atoms with E-state index >= 15 is 0 Å². The van der Waals surface area contributed by atoms with Crippen LogP contribution in [0.2, 0.25) is 0 Å². The van der Waals surface area contributed by atoms with Crippen LogP contribution in [-0.4, -0.2) is 16.1 Å². The molecule has 2 rings (SSSR count). The number of halogens is 2. The molecule has 108 valence electrons. The zero-order chi connectivity index (χ0) is 14.5. The molecule has 0 aliphatic rings. The van der Waals surface area contributed by atoms with Gasteiger partial charge in [0, 0.05) is 0 Å². The molecule has 0 aliphatic heterocycles. The van der Waals surface area contributed by atoms with Crippen LogP contribution >= 0.6 is 11.5 Å². The maximum absolute atomic E-state index is 13.4. The molecule has 0 saturated carbocycles. The molecular formula is C14H17F2N3S. The second-order valence-corrected chi connectivity index (χ2v) is 5.28. The van der Waals surface area contributed by atoms with Gasteiger partial charge >= 0.3 is 0 Å². The van der Waals surface area contributed by atoms with Gasteiger partial charge in [0.05, 0.1) is 16.6 Å². The Bertz CT molecular complexity index is 571. The lowest BCUT2D eigenvalue weighted by molar-refractivity contribution is 0.504. The van der Waals surface area contributed by atoms with Crippen LogP contribution in [0, 0.1) is 11.6 Å². The van der Waals surface area contributed by atoms with E-state index in [1.165, 1.54) is 17.6 Å². The summed E-state index contributed by atoms with van der Waals surface area (Å²) in [5.74, 6) is -1.67.